The molecule has 0 saturated heterocycles. The van der Waals surface area contributed by atoms with Crippen LogP contribution in [0.1, 0.15) is 6.92 Å². The van der Waals surface area contributed by atoms with Gasteiger partial charge in [0, 0.05) is 14.1 Å². The Balaban J connectivity index is 2.19. The van der Waals surface area contributed by atoms with Gasteiger partial charge in [-0.1, -0.05) is 12.1 Å². The highest BCUT2D eigenvalue weighted by molar-refractivity contribution is 5.83. The second-order valence-corrected chi connectivity index (χ2v) is 4.22. The Morgan fingerprint density at radius 2 is 1.89 bits per heavy atom. The Labute approximate surface area is 105 Å². The van der Waals surface area contributed by atoms with Gasteiger partial charge in [-0.25, -0.2) is 4.98 Å². The van der Waals surface area contributed by atoms with Gasteiger partial charge in [0.05, 0.1) is 5.52 Å². The van der Waals surface area contributed by atoms with Crippen LogP contribution in [0.25, 0.3) is 11.0 Å². The molecule has 0 radical (unpaired) electrons. The van der Waals surface area contributed by atoms with Crippen LogP contribution in [0.3, 0.4) is 0 Å². The van der Waals surface area contributed by atoms with E-state index in [-0.39, 0.29) is 11.9 Å². The van der Waals surface area contributed by atoms with Crippen LogP contribution in [-0.4, -0.2) is 46.1 Å². The first-order valence-electron chi connectivity index (χ1n) is 5.65. The van der Waals surface area contributed by atoms with Gasteiger partial charge in [0.15, 0.2) is 0 Å². The lowest BCUT2D eigenvalue weighted by molar-refractivity contribution is -0.129. The molecule has 0 bridgehead atoms. The average molecular weight is 245 g/mol. The summed E-state index contributed by atoms with van der Waals surface area (Å²) in [6.45, 7) is 1.76. The molecule has 0 fully saturated rings. The molecular weight excluding hydrogens is 230 g/mol. The molecular formula is C12H15N5O. The Kier molecular flexibility index (Phi) is 3.36. The molecule has 1 aromatic carbocycles. The number of hydrogen-bond acceptors (Lipinski definition) is 5. The molecule has 1 amide bonds. The van der Waals surface area contributed by atoms with Crippen molar-refractivity contribution in [1.29, 1.82) is 0 Å². The van der Waals surface area contributed by atoms with Gasteiger partial charge in [-0.15, -0.1) is 10.2 Å². The smallest absolute Gasteiger partial charge is 0.244 e. The van der Waals surface area contributed by atoms with Gasteiger partial charge in [0.25, 0.3) is 0 Å². The maximum absolute atomic E-state index is 11.7. The number of aromatic nitrogens is 3. The summed E-state index contributed by atoms with van der Waals surface area (Å²) >= 11 is 0. The quantitative estimate of drug-likeness (QED) is 0.870. The Hall–Kier alpha value is -2.24. The molecule has 1 atom stereocenters. The first kappa shape index (κ1) is 12.2. The predicted molar refractivity (Wildman–Crippen MR) is 69.1 cm³/mol. The van der Waals surface area contributed by atoms with Crippen molar-refractivity contribution in [2.45, 2.75) is 13.0 Å². The van der Waals surface area contributed by atoms with E-state index < -0.39 is 0 Å². The van der Waals surface area contributed by atoms with Crippen molar-refractivity contribution in [1.82, 2.24) is 20.1 Å². The van der Waals surface area contributed by atoms with E-state index >= 15 is 0 Å². The third-order valence-electron chi connectivity index (χ3n) is 2.52. The highest BCUT2D eigenvalue weighted by Crippen LogP contribution is 2.09. The maximum Gasteiger partial charge on any atom is 0.244 e. The summed E-state index contributed by atoms with van der Waals surface area (Å²) in [5.74, 6) is 0.322. The molecule has 0 spiro atoms. The van der Waals surface area contributed by atoms with Crippen LogP contribution in [0, 0.1) is 0 Å². The van der Waals surface area contributed by atoms with Gasteiger partial charge >= 0.3 is 0 Å². The van der Waals surface area contributed by atoms with Crippen molar-refractivity contribution < 1.29 is 4.79 Å². The topological polar surface area (TPSA) is 71.0 Å². The van der Waals surface area contributed by atoms with Crippen LogP contribution in [0.4, 0.5) is 5.95 Å². The maximum atomic E-state index is 11.7. The minimum Gasteiger partial charge on any atom is -0.347 e. The Morgan fingerprint density at radius 3 is 2.56 bits per heavy atom. The fourth-order valence-electron chi connectivity index (χ4n) is 1.58. The molecule has 6 nitrogen and oxygen atoms in total. The molecule has 0 aliphatic rings. The Morgan fingerprint density at radius 1 is 1.22 bits per heavy atom. The first-order valence-corrected chi connectivity index (χ1v) is 5.65. The van der Waals surface area contributed by atoms with Gasteiger partial charge < -0.3 is 10.2 Å². The summed E-state index contributed by atoms with van der Waals surface area (Å²) in [6, 6.07) is 7.07. The molecule has 0 aliphatic carbocycles. The lowest BCUT2D eigenvalue weighted by Crippen LogP contribution is -2.37. The van der Waals surface area contributed by atoms with Gasteiger partial charge in [-0.05, 0) is 19.1 Å². The summed E-state index contributed by atoms with van der Waals surface area (Å²) in [7, 11) is 3.42. The third kappa shape index (κ3) is 2.53. The first-order chi connectivity index (χ1) is 8.58. The number of carbonyl (C=O) groups excluding carboxylic acids is 1. The summed E-state index contributed by atoms with van der Waals surface area (Å²) in [5.41, 5.74) is 1.48. The third-order valence-corrected chi connectivity index (χ3v) is 2.52. The molecule has 1 unspecified atom stereocenters. The highest BCUT2D eigenvalue weighted by Gasteiger charge is 2.15. The minimum absolute atomic E-state index is 0.0354. The molecule has 2 aromatic rings. The number of hydrogen-bond donors (Lipinski definition) is 1. The van der Waals surface area contributed by atoms with Gasteiger partial charge in [-0.3, -0.25) is 4.79 Å². The number of nitrogens with zero attached hydrogens (tertiary/aromatic N) is 4. The number of nitrogens with one attached hydrogen (secondary N) is 1. The lowest BCUT2D eigenvalue weighted by atomic mass is 10.3. The van der Waals surface area contributed by atoms with E-state index in [9.17, 15) is 4.79 Å². The van der Waals surface area contributed by atoms with Crippen molar-refractivity contribution in [3.05, 3.63) is 24.3 Å². The standard InChI is InChI=1S/C12H15N5O/c1-8(11(18)17(2)3)13-12-14-9-6-4-5-7-10(9)15-16-12/h4-8H,1-3H3,(H,13,14,16). The number of para-hydroxylation sites is 1. The number of likely N-dealkylation sites (N-methyl/N-ethyl adjacent to an activating group) is 1. The minimum atomic E-state index is -0.386. The van der Waals surface area contributed by atoms with E-state index in [1.54, 1.807) is 21.0 Å². The summed E-state index contributed by atoms with van der Waals surface area (Å²) < 4.78 is 0. The number of amides is 1. The number of benzene rings is 1. The zero-order valence-electron chi connectivity index (χ0n) is 10.6. The van der Waals surface area contributed by atoms with Crippen LogP contribution in [0.5, 0.6) is 0 Å². The van der Waals surface area contributed by atoms with Crippen LogP contribution in [0.2, 0.25) is 0 Å². The molecule has 1 aromatic heterocycles. The van der Waals surface area contributed by atoms with Crippen molar-refractivity contribution in [3.8, 4) is 0 Å². The summed E-state index contributed by atoms with van der Waals surface area (Å²) in [6.07, 6.45) is 0. The molecule has 1 heterocycles. The van der Waals surface area contributed by atoms with E-state index in [0.29, 0.717) is 5.95 Å². The van der Waals surface area contributed by atoms with Crippen molar-refractivity contribution >= 4 is 22.9 Å². The van der Waals surface area contributed by atoms with E-state index in [2.05, 4.69) is 20.5 Å². The van der Waals surface area contributed by atoms with Crippen molar-refractivity contribution in [3.63, 3.8) is 0 Å². The number of carbonyl (C=O) groups is 1. The van der Waals surface area contributed by atoms with Crippen molar-refractivity contribution in [2.24, 2.45) is 0 Å². The van der Waals surface area contributed by atoms with Gasteiger partial charge in [0.2, 0.25) is 11.9 Å². The van der Waals surface area contributed by atoms with E-state index in [1.807, 2.05) is 24.3 Å². The van der Waals surface area contributed by atoms with E-state index in [0.717, 1.165) is 11.0 Å². The molecule has 0 saturated carbocycles. The monoisotopic (exact) mass is 245 g/mol. The average Bonchev–Trinajstić information content (AvgIpc) is 2.37. The van der Waals surface area contributed by atoms with Crippen LogP contribution in [0.15, 0.2) is 24.3 Å². The fraction of sp³-hybridized carbons (Fsp3) is 0.333. The zero-order valence-corrected chi connectivity index (χ0v) is 10.6. The van der Waals surface area contributed by atoms with Crippen LogP contribution < -0.4 is 5.32 Å². The zero-order chi connectivity index (χ0) is 13.1. The van der Waals surface area contributed by atoms with Gasteiger partial charge in [0.1, 0.15) is 11.6 Å². The summed E-state index contributed by atoms with van der Waals surface area (Å²) in [5, 5.41) is 10.9. The van der Waals surface area contributed by atoms with Crippen molar-refractivity contribution in [2.75, 3.05) is 19.4 Å². The molecule has 94 valence electrons. The Bertz CT molecular complexity index is 569. The molecule has 6 heteroatoms. The molecule has 0 aliphatic heterocycles. The normalized spacial score (nSPS) is 12.2. The second kappa shape index (κ2) is 4.95. The lowest BCUT2D eigenvalue weighted by Gasteiger charge is -2.17. The molecule has 2 rings (SSSR count). The highest BCUT2D eigenvalue weighted by atomic mass is 16.2. The number of rotatable bonds is 3. The number of anilines is 1. The SMILES string of the molecule is CC(Nc1nnc2ccccc2n1)C(=O)N(C)C. The largest absolute Gasteiger partial charge is 0.347 e. The fourth-order valence-corrected chi connectivity index (χ4v) is 1.58. The van der Waals surface area contributed by atoms with E-state index in [1.165, 1.54) is 4.90 Å². The number of fused-ring (bicyclic) bond motifs is 1. The summed E-state index contributed by atoms with van der Waals surface area (Å²) in [4.78, 5) is 17.5. The molecule has 1 N–H and O–H groups in total. The molecule has 18 heavy (non-hydrogen) atoms. The predicted octanol–water partition coefficient (Wildman–Crippen LogP) is 0.913. The van der Waals surface area contributed by atoms with Gasteiger partial charge in [-0.2, -0.15) is 0 Å². The van der Waals surface area contributed by atoms with E-state index in [4.69, 9.17) is 0 Å². The van der Waals surface area contributed by atoms with Crippen LogP contribution in [-0.2, 0) is 4.79 Å². The van der Waals surface area contributed by atoms with Crippen LogP contribution >= 0.6 is 0 Å². The second-order valence-electron chi connectivity index (χ2n) is 4.22.